The van der Waals surface area contributed by atoms with Gasteiger partial charge in [0.25, 0.3) is 5.91 Å². The maximum atomic E-state index is 12.5. The number of hydrogen-bond acceptors (Lipinski definition) is 2. The minimum atomic E-state index is 0.0333. The fraction of sp³-hybridized carbons (Fsp3) is 0.533. The third kappa shape index (κ3) is 3.72. The van der Waals surface area contributed by atoms with Gasteiger partial charge in [-0.15, -0.1) is 0 Å². The lowest BCUT2D eigenvalue weighted by atomic mass is 10.1. The highest BCUT2D eigenvalue weighted by Gasteiger charge is 2.32. The topological polar surface area (TPSA) is 40.5 Å². The molecule has 19 heavy (non-hydrogen) atoms. The van der Waals surface area contributed by atoms with E-state index < -0.39 is 0 Å². The maximum Gasteiger partial charge on any atom is 0.254 e. The van der Waals surface area contributed by atoms with Crippen molar-refractivity contribution in [2.75, 3.05) is 6.54 Å². The number of carbonyl (C=O) groups is 1. The van der Waals surface area contributed by atoms with Crippen molar-refractivity contribution in [1.29, 1.82) is 0 Å². The molecule has 0 heterocycles. The van der Waals surface area contributed by atoms with E-state index in [4.69, 9.17) is 0 Å². The van der Waals surface area contributed by atoms with Gasteiger partial charge < -0.3 is 10.0 Å². The van der Waals surface area contributed by atoms with E-state index in [2.05, 4.69) is 29.8 Å². The predicted molar refractivity (Wildman–Crippen MR) is 79.3 cm³/mol. The molecular weight excluding hydrogens is 306 g/mol. The van der Waals surface area contributed by atoms with Gasteiger partial charge >= 0.3 is 0 Å². The molecule has 1 aliphatic rings. The number of hydrogen-bond donors (Lipinski definition) is 1. The Morgan fingerprint density at radius 2 is 2.16 bits per heavy atom. The monoisotopic (exact) mass is 325 g/mol. The first-order valence-electron chi connectivity index (χ1n) is 6.78. The second kappa shape index (κ2) is 5.95. The predicted octanol–water partition coefficient (Wildman–Crippen LogP) is 3.81. The minimum absolute atomic E-state index is 0.0333. The fourth-order valence-corrected chi connectivity index (χ4v) is 2.29. The molecule has 1 aliphatic carbocycles. The van der Waals surface area contributed by atoms with Crippen LogP contribution in [0.4, 0.5) is 0 Å². The van der Waals surface area contributed by atoms with E-state index in [-0.39, 0.29) is 11.7 Å². The molecule has 0 aromatic heterocycles. The number of nitrogens with zero attached hydrogens (tertiary/aromatic N) is 1. The molecule has 104 valence electrons. The number of phenolic OH excluding ortho intramolecular Hbond substituents is 1. The van der Waals surface area contributed by atoms with Gasteiger partial charge in [0.1, 0.15) is 5.75 Å². The molecule has 1 fully saturated rings. The van der Waals surface area contributed by atoms with Gasteiger partial charge in [-0.3, -0.25) is 4.79 Å². The smallest absolute Gasteiger partial charge is 0.254 e. The van der Waals surface area contributed by atoms with Crippen LogP contribution in [0.5, 0.6) is 5.75 Å². The molecule has 1 N–H and O–H groups in total. The minimum Gasteiger partial charge on any atom is -0.507 e. The molecule has 1 saturated carbocycles. The van der Waals surface area contributed by atoms with Crippen LogP contribution in [0.1, 0.15) is 43.5 Å². The first-order chi connectivity index (χ1) is 8.99. The lowest BCUT2D eigenvalue weighted by Gasteiger charge is -2.23. The van der Waals surface area contributed by atoms with E-state index in [9.17, 15) is 9.90 Å². The molecule has 0 unspecified atom stereocenters. The fourth-order valence-electron chi connectivity index (χ4n) is 2.04. The van der Waals surface area contributed by atoms with E-state index >= 15 is 0 Å². The molecular formula is C15H20BrNO2. The van der Waals surface area contributed by atoms with Crippen LogP contribution in [0.15, 0.2) is 22.7 Å². The summed E-state index contributed by atoms with van der Waals surface area (Å²) in [5.41, 5.74) is 0.566. The molecule has 0 atom stereocenters. The number of benzene rings is 1. The second-order valence-electron chi connectivity index (χ2n) is 5.58. The van der Waals surface area contributed by atoms with Crippen LogP contribution >= 0.6 is 15.9 Å². The van der Waals surface area contributed by atoms with Crippen LogP contribution in [0, 0.1) is 5.92 Å². The van der Waals surface area contributed by atoms with Gasteiger partial charge in [0.15, 0.2) is 0 Å². The lowest BCUT2D eigenvalue weighted by molar-refractivity contribution is 0.0735. The Morgan fingerprint density at radius 3 is 2.68 bits per heavy atom. The van der Waals surface area contributed by atoms with Crippen molar-refractivity contribution < 1.29 is 9.90 Å². The molecule has 1 aromatic carbocycles. The molecule has 0 bridgehead atoms. The molecule has 2 rings (SSSR count). The zero-order valence-electron chi connectivity index (χ0n) is 11.4. The zero-order chi connectivity index (χ0) is 14.0. The van der Waals surface area contributed by atoms with Crippen molar-refractivity contribution in [3.8, 4) is 5.75 Å². The highest BCUT2D eigenvalue weighted by Crippen LogP contribution is 2.30. The average Bonchev–Trinajstić information content (AvgIpc) is 3.16. The summed E-state index contributed by atoms with van der Waals surface area (Å²) in [6, 6.07) is 5.42. The van der Waals surface area contributed by atoms with E-state index in [0.29, 0.717) is 22.0 Å². The standard InChI is InChI=1S/C15H20BrNO2/c1-10(2)7-8-17(12-4-5-12)15(19)11-3-6-13(16)14(18)9-11/h3,6,9-10,12,18H,4-5,7-8H2,1-2H3. The molecule has 1 amide bonds. The van der Waals surface area contributed by atoms with Gasteiger partial charge in [0, 0.05) is 18.2 Å². The molecule has 0 spiro atoms. The van der Waals surface area contributed by atoms with Crippen LogP contribution < -0.4 is 0 Å². The van der Waals surface area contributed by atoms with Crippen LogP contribution in [0.2, 0.25) is 0 Å². The van der Waals surface area contributed by atoms with Gasteiger partial charge in [-0.2, -0.15) is 0 Å². The highest BCUT2D eigenvalue weighted by molar-refractivity contribution is 9.10. The quantitative estimate of drug-likeness (QED) is 0.894. The SMILES string of the molecule is CC(C)CCN(C(=O)c1ccc(Br)c(O)c1)C1CC1. The highest BCUT2D eigenvalue weighted by atomic mass is 79.9. The van der Waals surface area contributed by atoms with E-state index in [1.807, 2.05) is 4.90 Å². The van der Waals surface area contributed by atoms with Crippen LogP contribution in [-0.2, 0) is 0 Å². The second-order valence-corrected chi connectivity index (χ2v) is 6.43. The Bertz CT molecular complexity index is 469. The summed E-state index contributed by atoms with van der Waals surface area (Å²) in [7, 11) is 0. The molecule has 4 heteroatoms. The van der Waals surface area contributed by atoms with Gasteiger partial charge in [0.2, 0.25) is 0 Å². The molecule has 0 radical (unpaired) electrons. The number of phenols is 1. The third-order valence-electron chi connectivity index (χ3n) is 3.39. The summed E-state index contributed by atoms with van der Waals surface area (Å²) in [6.45, 7) is 5.14. The van der Waals surface area contributed by atoms with Crippen molar-refractivity contribution in [1.82, 2.24) is 4.90 Å². The Kier molecular flexibility index (Phi) is 4.50. The summed E-state index contributed by atoms with van der Waals surface area (Å²) < 4.78 is 0.615. The average molecular weight is 326 g/mol. The largest absolute Gasteiger partial charge is 0.507 e. The summed E-state index contributed by atoms with van der Waals surface area (Å²) in [6.07, 6.45) is 3.23. The normalized spacial score (nSPS) is 14.7. The van der Waals surface area contributed by atoms with Gasteiger partial charge in [-0.05, 0) is 59.3 Å². The van der Waals surface area contributed by atoms with E-state index in [0.717, 1.165) is 25.8 Å². The Morgan fingerprint density at radius 1 is 1.47 bits per heavy atom. The lowest BCUT2D eigenvalue weighted by Crippen LogP contribution is -2.34. The van der Waals surface area contributed by atoms with Gasteiger partial charge in [-0.1, -0.05) is 13.8 Å². The Hall–Kier alpha value is -1.03. The maximum absolute atomic E-state index is 12.5. The number of aromatic hydroxyl groups is 1. The number of rotatable bonds is 5. The van der Waals surface area contributed by atoms with Crippen molar-refractivity contribution >= 4 is 21.8 Å². The third-order valence-corrected chi connectivity index (χ3v) is 4.06. The zero-order valence-corrected chi connectivity index (χ0v) is 13.0. The van der Waals surface area contributed by atoms with E-state index in [1.165, 1.54) is 6.07 Å². The Balaban J connectivity index is 2.12. The molecule has 1 aromatic rings. The van der Waals surface area contributed by atoms with Crippen LogP contribution in [0.3, 0.4) is 0 Å². The van der Waals surface area contributed by atoms with Crippen LogP contribution in [0.25, 0.3) is 0 Å². The van der Waals surface area contributed by atoms with Crippen molar-refractivity contribution in [2.24, 2.45) is 5.92 Å². The van der Waals surface area contributed by atoms with Gasteiger partial charge in [0.05, 0.1) is 4.47 Å². The molecule has 0 saturated heterocycles. The van der Waals surface area contributed by atoms with E-state index in [1.54, 1.807) is 12.1 Å². The summed E-state index contributed by atoms with van der Waals surface area (Å²) in [5, 5.41) is 9.69. The first kappa shape index (κ1) is 14.4. The molecule has 3 nitrogen and oxygen atoms in total. The van der Waals surface area contributed by atoms with Crippen molar-refractivity contribution in [3.63, 3.8) is 0 Å². The summed E-state index contributed by atoms with van der Waals surface area (Å²) in [4.78, 5) is 14.5. The summed E-state index contributed by atoms with van der Waals surface area (Å²) >= 11 is 3.23. The molecule has 0 aliphatic heterocycles. The van der Waals surface area contributed by atoms with Crippen LogP contribution in [-0.4, -0.2) is 28.5 Å². The number of halogens is 1. The number of amides is 1. The Labute approximate surface area is 122 Å². The van der Waals surface area contributed by atoms with Gasteiger partial charge in [-0.25, -0.2) is 0 Å². The summed E-state index contributed by atoms with van der Waals surface area (Å²) in [5.74, 6) is 0.740. The van der Waals surface area contributed by atoms with Crippen molar-refractivity contribution in [3.05, 3.63) is 28.2 Å². The number of carbonyl (C=O) groups excluding carboxylic acids is 1. The first-order valence-corrected chi connectivity index (χ1v) is 7.58. The van der Waals surface area contributed by atoms with Crippen molar-refractivity contribution in [2.45, 2.75) is 39.2 Å².